The molecule has 0 radical (unpaired) electrons. The van der Waals surface area contributed by atoms with Crippen LogP contribution in [0.4, 0.5) is 10.1 Å². The predicted octanol–water partition coefficient (Wildman–Crippen LogP) is 4.65. The molecule has 1 aromatic rings. The topological polar surface area (TPSA) is 32.7 Å². The largest absolute Gasteiger partial charge is 0.292 e. The van der Waals surface area contributed by atoms with Crippen molar-refractivity contribution in [3.05, 3.63) is 28.2 Å². The number of alkyl halides is 1. The molecule has 0 aromatic heterocycles. The molecule has 2 atom stereocenters. The molecule has 0 spiro atoms. The number of nitrogens with zero attached hydrogens (tertiary/aromatic N) is 2. The minimum Gasteiger partial charge on any atom is -0.268 e. The lowest BCUT2D eigenvalue weighted by atomic mass is 9.89. The molecule has 1 heterocycles. The van der Waals surface area contributed by atoms with E-state index in [1.54, 1.807) is 13.8 Å². The van der Waals surface area contributed by atoms with E-state index in [0.29, 0.717) is 16.5 Å². The van der Waals surface area contributed by atoms with Crippen molar-refractivity contribution in [3.63, 3.8) is 0 Å². The van der Waals surface area contributed by atoms with Crippen LogP contribution in [0.2, 0.25) is 10.0 Å². The van der Waals surface area contributed by atoms with E-state index < -0.39 is 17.5 Å². The quantitative estimate of drug-likeness (QED) is 0.790. The summed E-state index contributed by atoms with van der Waals surface area (Å²) >= 11 is 17.6. The van der Waals surface area contributed by atoms with Gasteiger partial charge in [-0.1, -0.05) is 48.7 Å². The summed E-state index contributed by atoms with van der Waals surface area (Å²) in [6.07, 6.45) is 0.456. The van der Waals surface area contributed by atoms with Gasteiger partial charge >= 0.3 is 0 Å². The smallest absolute Gasteiger partial charge is 0.268 e. The van der Waals surface area contributed by atoms with Crippen molar-refractivity contribution in [1.82, 2.24) is 0 Å². The van der Waals surface area contributed by atoms with Crippen LogP contribution in [0.25, 0.3) is 0 Å². The summed E-state index contributed by atoms with van der Waals surface area (Å²) in [4.78, 5) is 12.3. The monoisotopic (exact) mass is 336 g/mol. The fourth-order valence-electron chi connectivity index (χ4n) is 1.98. The lowest BCUT2D eigenvalue weighted by molar-refractivity contribution is -0.127. The second-order valence-electron chi connectivity index (χ2n) is 4.66. The van der Waals surface area contributed by atoms with E-state index in [2.05, 4.69) is 5.10 Å². The van der Waals surface area contributed by atoms with Crippen molar-refractivity contribution in [2.75, 3.05) is 5.01 Å². The van der Waals surface area contributed by atoms with Gasteiger partial charge in [-0.25, -0.2) is 4.39 Å². The summed E-state index contributed by atoms with van der Waals surface area (Å²) < 4.78 is 14.9. The molecule has 3 nitrogen and oxygen atoms in total. The molecule has 1 aliphatic rings. The van der Waals surface area contributed by atoms with Crippen LogP contribution in [0.1, 0.15) is 20.3 Å². The van der Waals surface area contributed by atoms with Gasteiger partial charge in [0.1, 0.15) is 0 Å². The number of halogens is 4. The Labute approximate surface area is 131 Å². The minimum absolute atomic E-state index is 0.286. The summed E-state index contributed by atoms with van der Waals surface area (Å²) in [5.74, 6) is -1.40. The van der Waals surface area contributed by atoms with E-state index in [-0.39, 0.29) is 10.9 Å². The average molecular weight is 338 g/mol. The second-order valence-corrected chi connectivity index (χ2v) is 5.89. The highest BCUT2D eigenvalue weighted by atomic mass is 35.5. The number of benzene rings is 1. The lowest BCUT2D eigenvalue weighted by Crippen LogP contribution is -2.46. The van der Waals surface area contributed by atoms with Gasteiger partial charge in [0.25, 0.3) is 5.91 Å². The van der Waals surface area contributed by atoms with Crippen LogP contribution in [-0.4, -0.2) is 16.7 Å². The van der Waals surface area contributed by atoms with Gasteiger partial charge in [-0.3, -0.25) is 4.79 Å². The first-order chi connectivity index (χ1) is 9.30. The Balaban J connectivity index is 2.45. The maximum atomic E-state index is 14.9. The molecule has 1 amide bonds. The van der Waals surface area contributed by atoms with Gasteiger partial charge in [-0.05, 0) is 24.6 Å². The number of carbonyl (C=O) groups excluding carboxylic acids is 1. The molecule has 1 aliphatic heterocycles. The van der Waals surface area contributed by atoms with E-state index >= 15 is 0 Å². The highest BCUT2D eigenvalue weighted by molar-refractivity contribution is 6.71. The zero-order valence-electron chi connectivity index (χ0n) is 10.8. The molecule has 0 fully saturated rings. The van der Waals surface area contributed by atoms with Crippen molar-refractivity contribution >= 4 is 51.6 Å². The first kappa shape index (κ1) is 15.5. The Kier molecular flexibility index (Phi) is 4.28. The summed E-state index contributed by atoms with van der Waals surface area (Å²) in [5.41, 5.74) is -2.01. The molecule has 7 heteroatoms. The molecule has 1 aromatic carbocycles. The molecule has 0 bridgehead atoms. The maximum absolute atomic E-state index is 14.9. The van der Waals surface area contributed by atoms with Crippen LogP contribution in [0.5, 0.6) is 0 Å². The number of hydrazone groups is 1. The van der Waals surface area contributed by atoms with E-state index in [1.807, 2.05) is 0 Å². The summed E-state index contributed by atoms with van der Waals surface area (Å²) in [6.45, 7) is 3.40. The molecule has 0 saturated carbocycles. The molecule has 108 valence electrons. The van der Waals surface area contributed by atoms with Gasteiger partial charge in [0.15, 0.2) is 5.17 Å². The molecule has 0 N–H and O–H groups in total. The maximum Gasteiger partial charge on any atom is 0.292 e. The van der Waals surface area contributed by atoms with E-state index in [9.17, 15) is 9.18 Å². The highest BCUT2D eigenvalue weighted by Gasteiger charge is 2.55. The van der Waals surface area contributed by atoms with Crippen molar-refractivity contribution in [2.24, 2.45) is 11.0 Å². The molecule has 0 saturated heterocycles. The molecular weight excluding hydrogens is 326 g/mol. The summed E-state index contributed by atoms with van der Waals surface area (Å²) in [5, 5.41) is 5.01. The van der Waals surface area contributed by atoms with Gasteiger partial charge in [0.05, 0.1) is 5.69 Å². The number of anilines is 1. The highest BCUT2D eigenvalue weighted by Crippen LogP contribution is 2.38. The Morgan fingerprint density at radius 3 is 2.35 bits per heavy atom. The third-order valence-electron chi connectivity index (χ3n) is 3.37. The first-order valence-electron chi connectivity index (χ1n) is 6.04. The number of amides is 1. The van der Waals surface area contributed by atoms with Gasteiger partial charge in [-0.15, -0.1) is 0 Å². The number of hydrogen-bond acceptors (Lipinski definition) is 2. The van der Waals surface area contributed by atoms with Crippen molar-refractivity contribution in [1.29, 1.82) is 0 Å². The first-order valence-corrected chi connectivity index (χ1v) is 7.18. The van der Waals surface area contributed by atoms with Crippen molar-refractivity contribution in [2.45, 2.75) is 25.9 Å². The Bertz CT molecular complexity index is 573. The summed E-state index contributed by atoms with van der Waals surface area (Å²) in [6, 6.07) is 4.46. The third kappa shape index (κ3) is 2.41. The van der Waals surface area contributed by atoms with Gasteiger partial charge < -0.3 is 0 Å². The van der Waals surface area contributed by atoms with Crippen LogP contribution >= 0.6 is 34.8 Å². The van der Waals surface area contributed by atoms with Gasteiger partial charge in [0.2, 0.25) is 5.67 Å². The van der Waals surface area contributed by atoms with Gasteiger partial charge in [-0.2, -0.15) is 10.1 Å². The van der Waals surface area contributed by atoms with E-state index in [1.165, 1.54) is 18.2 Å². The number of hydrogen-bond donors (Lipinski definition) is 0. The fourth-order valence-corrected chi connectivity index (χ4v) is 2.84. The molecule has 2 unspecified atom stereocenters. The van der Waals surface area contributed by atoms with E-state index in [4.69, 9.17) is 34.8 Å². The Morgan fingerprint density at radius 2 is 1.85 bits per heavy atom. The normalized spacial score (nSPS) is 24.0. The summed E-state index contributed by atoms with van der Waals surface area (Å²) in [7, 11) is 0. The van der Waals surface area contributed by atoms with Gasteiger partial charge in [0, 0.05) is 16.0 Å². The zero-order valence-corrected chi connectivity index (χ0v) is 13.1. The lowest BCUT2D eigenvalue weighted by Gasteiger charge is -2.24. The van der Waals surface area contributed by atoms with Crippen molar-refractivity contribution < 1.29 is 9.18 Å². The Morgan fingerprint density at radius 1 is 1.30 bits per heavy atom. The molecule has 0 aliphatic carbocycles. The standard InChI is InChI=1S/C13H12Cl3FN2O/c1-3-7(2)13(17)11(16)18-19(12(13)20)10-5-8(14)4-9(15)6-10/h4-7H,3H2,1-2H3. The second kappa shape index (κ2) is 5.51. The fraction of sp³-hybridized carbons (Fsp3) is 0.385. The average Bonchev–Trinajstić information content (AvgIpc) is 2.62. The third-order valence-corrected chi connectivity index (χ3v) is 4.16. The van der Waals surface area contributed by atoms with Crippen LogP contribution in [0, 0.1) is 5.92 Å². The Hall–Kier alpha value is -0.840. The molecular formula is C13H12Cl3FN2O. The van der Waals surface area contributed by atoms with Crippen LogP contribution in [-0.2, 0) is 4.79 Å². The minimum atomic E-state index is -2.30. The molecule has 20 heavy (non-hydrogen) atoms. The SMILES string of the molecule is CCC(C)C1(F)C(=O)N(c2cc(Cl)cc(Cl)c2)N=C1Cl. The van der Waals surface area contributed by atoms with Crippen LogP contribution in [0.15, 0.2) is 23.3 Å². The zero-order chi connectivity index (χ0) is 15.1. The van der Waals surface area contributed by atoms with Crippen LogP contribution in [0.3, 0.4) is 0 Å². The number of carbonyl (C=O) groups is 1. The molecule has 2 rings (SSSR count). The van der Waals surface area contributed by atoms with E-state index in [0.717, 1.165) is 5.01 Å². The number of rotatable bonds is 3. The van der Waals surface area contributed by atoms with Crippen molar-refractivity contribution in [3.8, 4) is 0 Å². The van der Waals surface area contributed by atoms with Crippen LogP contribution < -0.4 is 5.01 Å². The predicted molar refractivity (Wildman–Crippen MR) is 80.5 cm³/mol.